The average Bonchev–Trinajstić information content (AvgIpc) is 2.60. The van der Waals surface area contributed by atoms with Crippen molar-refractivity contribution in [2.24, 2.45) is 5.84 Å². The molecule has 4 N–H and O–H groups in total. The summed E-state index contributed by atoms with van der Waals surface area (Å²) in [7, 11) is 0. The van der Waals surface area contributed by atoms with E-state index >= 15 is 0 Å². The summed E-state index contributed by atoms with van der Waals surface area (Å²) in [6.07, 6.45) is 0. The number of carbonyl (C=O) groups is 2. The number of anilines is 1. The molecule has 2 heterocycles. The molecule has 1 aliphatic rings. The highest BCUT2D eigenvalue weighted by atomic mass is 16.2. The summed E-state index contributed by atoms with van der Waals surface area (Å²) in [5, 5.41) is 2.42. The summed E-state index contributed by atoms with van der Waals surface area (Å²) in [6, 6.07) is 1.23. The Morgan fingerprint density at radius 1 is 1.53 bits per heavy atom. The maximum Gasteiger partial charge on any atom is 0.325 e. The van der Waals surface area contributed by atoms with Gasteiger partial charge in [0.2, 0.25) is 5.91 Å². The van der Waals surface area contributed by atoms with Crippen molar-refractivity contribution in [3.05, 3.63) is 17.6 Å². The zero-order chi connectivity index (χ0) is 12.4. The molecule has 8 nitrogen and oxygen atoms in total. The Kier molecular flexibility index (Phi) is 2.88. The summed E-state index contributed by atoms with van der Waals surface area (Å²) in [5.74, 6) is 5.77. The molecule has 0 saturated carbocycles. The maximum atomic E-state index is 11.4. The molecule has 0 radical (unpaired) electrons. The minimum absolute atomic E-state index is 0.0205. The highest BCUT2D eigenvalue weighted by molar-refractivity contribution is 6.01. The number of aryl methyl sites for hydroxylation is 1. The first kappa shape index (κ1) is 11.3. The molecule has 0 aliphatic carbocycles. The van der Waals surface area contributed by atoms with E-state index in [1.165, 1.54) is 0 Å². The predicted molar refractivity (Wildman–Crippen MR) is 58.5 cm³/mol. The number of nitrogen functional groups attached to an aromatic ring is 1. The van der Waals surface area contributed by atoms with Crippen LogP contribution in [-0.2, 0) is 11.3 Å². The fourth-order valence-corrected chi connectivity index (χ4v) is 1.53. The van der Waals surface area contributed by atoms with E-state index in [1.807, 2.05) is 0 Å². The van der Waals surface area contributed by atoms with Crippen molar-refractivity contribution in [1.29, 1.82) is 0 Å². The van der Waals surface area contributed by atoms with E-state index in [0.29, 0.717) is 17.3 Å². The molecular weight excluding hydrogens is 224 g/mol. The van der Waals surface area contributed by atoms with Crippen molar-refractivity contribution in [3.63, 3.8) is 0 Å². The van der Waals surface area contributed by atoms with Gasteiger partial charge >= 0.3 is 6.03 Å². The fraction of sp³-hybridized carbons (Fsp3) is 0.333. The topological polar surface area (TPSA) is 113 Å². The molecule has 1 saturated heterocycles. The lowest BCUT2D eigenvalue weighted by molar-refractivity contribution is -0.125. The Morgan fingerprint density at radius 2 is 2.29 bits per heavy atom. The van der Waals surface area contributed by atoms with Gasteiger partial charge in [0.15, 0.2) is 5.82 Å². The van der Waals surface area contributed by atoms with E-state index in [1.54, 1.807) is 13.0 Å². The first-order chi connectivity index (χ1) is 8.10. The number of nitrogens with two attached hydrogens (primary N) is 1. The van der Waals surface area contributed by atoms with E-state index in [9.17, 15) is 9.59 Å². The molecule has 3 amide bonds. The smallest absolute Gasteiger partial charge is 0.325 e. The number of nitrogens with one attached hydrogen (secondary N) is 2. The molecule has 8 heteroatoms. The van der Waals surface area contributed by atoms with Crippen LogP contribution < -0.4 is 16.6 Å². The average molecular weight is 236 g/mol. The molecule has 1 aromatic rings. The van der Waals surface area contributed by atoms with Crippen LogP contribution in [0.3, 0.4) is 0 Å². The van der Waals surface area contributed by atoms with Gasteiger partial charge in [0.25, 0.3) is 0 Å². The van der Waals surface area contributed by atoms with Gasteiger partial charge in [-0.05, 0) is 6.92 Å². The van der Waals surface area contributed by atoms with Crippen LogP contribution in [0.15, 0.2) is 6.07 Å². The zero-order valence-electron chi connectivity index (χ0n) is 9.23. The largest absolute Gasteiger partial charge is 0.329 e. The molecule has 1 aromatic heterocycles. The second-order valence-electron chi connectivity index (χ2n) is 3.59. The molecule has 0 atom stereocenters. The van der Waals surface area contributed by atoms with E-state index < -0.39 is 6.03 Å². The van der Waals surface area contributed by atoms with Crippen LogP contribution in [0, 0.1) is 6.92 Å². The van der Waals surface area contributed by atoms with E-state index in [2.05, 4.69) is 20.7 Å². The van der Waals surface area contributed by atoms with E-state index in [4.69, 9.17) is 5.84 Å². The zero-order valence-corrected chi connectivity index (χ0v) is 9.23. The quantitative estimate of drug-likeness (QED) is 0.357. The number of urea groups is 1. The molecular formula is C9H12N6O2. The lowest BCUT2D eigenvalue weighted by Crippen LogP contribution is -2.31. The number of carbonyl (C=O) groups excluding carboxylic acids is 2. The van der Waals surface area contributed by atoms with Gasteiger partial charge in [-0.25, -0.2) is 20.6 Å². The van der Waals surface area contributed by atoms with Gasteiger partial charge in [-0.2, -0.15) is 0 Å². The monoisotopic (exact) mass is 236 g/mol. The number of hydrogen-bond acceptors (Lipinski definition) is 6. The van der Waals surface area contributed by atoms with Crippen molar-refractivity contribution < 1.29 is 9.59 Å². The van der Waals surface area contributed by atoms with Gasteiger partial charge in [0, 0.05) is 11.8 Å². The van der Waals surface area contributed by atoms with Crippen LogP contribution in [0.25, 0.3) is 0 Å². The Bertz CT molecular complexity index is 459. The molecule has 1 fully saturated rings. The van der Waals surface area contributed by atoms with Crippen molar-refractivity contribution >= 4 is 17.8 Å². The SMILES string of the molecule is Cc1cc(NN)nc(CN2C(=O)CNC2=O)n1. The maximum absolute atomic E-state index is 11.4. The van der Waals surface area contributed by atoms with E-state index in [-0.39, 0.29) is 19.0 Å². The van der Waals surface area contributed by atoms with Gasteiger partial charge in [-0.3, -0.25) is 9.69 Å². The number of aromatic nitrogens is 2. The van der Waals surface area contributed by atoms with Crippen molar-refractivity contribution in [2.45, 2.75) is 13.5 Å². The molecule has 17 heavy (non-hydrogen) atoms. The van der Waals surface area contributed by atoms with Crippen LogP contribution >= 0.6 is 0 Å². The van der Waals surface area contributed by atoms with Gasteiger partial charge in [0.05, 0.1) is 13.1 Å². The highest BCUT2D eigenvalue weighted by Gasteiger charge is 2.29. The fourth-order valence-electron chi connectivity index (χ4n) is 1.53. The first-order valence-corrected chi connectivity index (χ1v) is 4.99. The third-order valence-corrected chi connectivity index (χ3v) is 2.28. The van der Waals surface area contributed by atoms with Crippen LogP contribution in [-0.4, -0.2) is 33.4 Å². The second-order valence-corrected chi connectivity index (χ2v) is 3.59. The lowest BCUT2D eigenvalue weighted by Gasteiger charge is -2.12. The molecule has 0 unspecified atom stereocenters. The first-order valence-electron chi connectivity index (χ1n) is 4.99. The Hall–Kier alpha value is -2.22. The number of rotatable bonds is 3. The number of hydrazine groups is 1. The molecule has 2 rings (SSSR count). The minimum atomic E-state index is -0.428. The molecule has 0 spiro atoms. The third-order valence-electron chi connectivity index (χ3n) is 2.28. The van der Waals surface area contributed by atoms with Crippen molar-refractivity contribution in [1.82, 2.24) is 20.2 Å². The van der Waals surface area contributed by atoms with Crippen molar-refractivity contribution in [2.75, 3.05) is 12.0 Å². The second kappa shape index (κ2) is 4.34. The standard InChI is InChI=1S/C9H12N6O2/c1-5-2-6(14-10)13-7(12-5)4-15-8(16)3-11-9(15)17/h2H,3-4,10H2,1H3,(H,11,17)(H,12,13,14). The van der Waals surface area contributed by atoms with Crippen LogP contribution in [0.5, 0.6) is 0 Å². The van der Waals surface area contributed by atoms with Crippen LogP contribution in [0.1, 0.15) is 11.5 Å². The van der Waals surface area contributed by atoms with Crippen LogP contribution in [0.4, 0.5) is 10.6 Å². The van der Waals surface area contributed by atoms with Crippen molar-refractivity contribution in [3.8, 4) is 0 Å². The minimum Gasteiger partial charge on any atom is -0.329 e. The number of nitrogens with zero attached hydrogens (tertiary/aromatic N) is 3. The van der Waals surface area contributed by atoms with Gasteiger partial charge in [0.1, 0.15) is 5.82 Å². The number of imide groups is 1. The molecule has 90 valence electrons. The van der Waals surface area contributed by atoms with Gasteiger partial charge in [-0.15, -0.1) is 0 Å². The summed E-state index contributed by atoms with van der Waals surface area (Å²) >= 11 is 0. The lowest BCUT2D eigenvalue weighted by atomic mass is 10.4. The molecule has 0 aromatic carbocycles. The van der Waals surface area contributed by atoms with E-state index in [0.717, 1.165) is 4.90 Å². The highest BCUT2D eigenvalue weighted by Crippen LogP contribution is 2.09. The summed E-state index contributed by atoms with van der Waals surface area (Å²) in [4.78, 5) is 32.0. The van der Waals surface area contributed by atoms with Crippen LogP contribution in [0.2, 0.25) is 0 Å². The van der Waals surface area contributed by atoms with Gasteiger partial charge < -0.3 is 10.7 Å². The summed E-state index contributed by atoms with van der Waals surface area (Å²) < 4.78 is 0. The Morgan fingerprint density at radius 3 is 2.88 bits per heavy atom. The Labute approximate surface area is 97.2 Å². The Balaban J connectivity index is 2.20. The normalized spacial score (nSPS) is 15.1. The number of amides is 3. The predicted octanol–water partition coefficient (Wildman–Crippen LogP) is -0.878. The summed E-state index contributed by atoms with van der Waals surface area (Å²) in [5.41, 5.74) is 3.10. The molecule has 0 bridgehead atoms. The summed E-state index contributed by atoms with van der Waals surface area (Å²) in [6.45, 7) is 1.84. The third kappa shape index (κ3) is 2.31. The number of hydrogen-bond donors (Lipinski definition) is 3. The molecule has 1 aliphatic heterocycles. The van der Waals surface area contributed by atoms with Gasteiger partial charge in [-0.1, -0.05) is 0 Å².